The molecule has 3 rings (SSSR count). The van der Waals surface area contributed by atoms with Gasteiger partial charge in [0.15, 0.2) is 0 Å². The first-order valence-electron chi connectivity index (χ1n) is 6.04. The van der Waals surface area contributed by atoms with E-state index in [-0.39, 0.29) is 0 Å². The molecule has 2 aliphatic rings. The van der Waals surface area contributed by atoms with Gasteiger partial charge >= 0.3 is 0 Å². The minimum absolute atomic E-state index is 0.351. The number of fused-ring (bicyclic) bond motifs is 2. The van der Waals surface area contributed by atoms with Crippen LogP contribution in [0.3, 0.4) is 0 Å². The maximum absolute atomic E-state index is 5.75. The Morgan fingerprint density at radius 1 is 1.47 bits per heavy atom. The van der Waals surface area contributed by atoms with Crippen LogP contribution < -0.4 is 5.32 Å². The van der Waals surface area contributed by atoms with Gasteiger partial charge in [-0.3, -0.25) is 0 Å². The van der Waals surface area contributed by atoms with Gasteiger partial charge < -0.3 is 9.73 Å². The highest BCUT2D eigenvalue weighted by molar-refractivity contribution is 5.34. The standard InChI is InChI=1S/C13H19NO/c1-9(2)11-10-4-7-15-12(10)13(8-14-11)5-3-6-13/h4,7,9,11,14H,3,5-6,8H2,1-2H3. The lowest BCUT2D eigenvalue weighted by atomic mass is 9.63. The van der Waals surface area contributed by atoms with Crippen molar-refractivity contribution in [1.29, 1.82) is 0 Å². The predicted octanol–water partition coefficient (Wildman–Crippen LogP) is 3.00. The molecule has 1 aliphatic carbocycles. The SMILES string of the molecule is CC(C)C1NCC2(CCC2)c2occc21. The summed E-state index contributed by atoms with van der Waals surface area (Å²) in [5.41, 5.74) is 1.76. The highest BCUT2D eigenvalue weighted by Gasteiger charge is 2.47. The Kier molecular flexibility index (Phi) is 1.96. The van der Waals surface area contributed by atoms with Crippen LogP contribution in [0.4, 0.5) is 0 Å². The van der Waals surface area contributed by atoms with Crippen molar-refractivity contribution in [2.24, 2.45) is 5.92 Å². The molecule has 1 unspecified atom stereocenters. The number of hydrogen-bond acceptors (Lipinski definition) is 2. The lowest BCUT2D eigenvalue weighted by Gasteiger charge is -2.46. The predicted molar refractivity (Wildman–Crippen MR) is 59.8 cm³/mol. The summed E-state index contributed by atoms with van der Waals surface area (Å²) in [4.78, 5) is 0. The van der Waals surface area contributed by atoms with Gasteiger partial charge in [0.25, 0.3) is 0 Å². The number of hydrogen-bond donors (Lipinski definition) is 1. The van der Waals surface area contributed by atoms with Crippen molar-refractivity contribution in [1.82, 2.24) is 5.32 Å². The summed E-state index contributed by atoms with van der Waals surface area (Å²) in [6.07, 6.45) is 5.82. The Balaban J connectivity index is 2.01. The molecule has 2 nitrogen and oxygen atoms in total. The van der Waals surface area contributed by atoms with E-state index in [4.69, 9.17) is 4.42 Å². The highest BCUT2D eigenvalue weighted by Crippen LogP contribution is 2.49. The normalized spacial score (nSPS) is 27.8. The van der Waals surface area contributed by atoms with Gasteiger partial charge in [0, 0.05) is 23.6 Å². The Hall–Kier alpha value is -0.760. The maximum atomic E-state index is 5.75. The molecule has 15 heavy (non-hydrogen) atoms. The lowest BCUT2D eigenvalue weighted by Crippen LogP contribution is -2.50. The quantitative estimate of drug-likeness (QED) is 0.762. The molecule has 2 heterocycles. The van der Waals surface area contributed by atoms with Crippen LogP contribution in [-0.2, 0) is 5.41 Å². The molecule has 1 saturated carbocycles. The van der Waals surface area contributed by atoms with E-state index in [2.05, 4.69) is 25.2 Å². The van der Waals surface area contributed by atoms with Gasteiger partial charge in [0.1, 0.15) is 5.76 Å². The van der Waals surface area contributed by atoms with Gasteiger partial charge in [0.2, 0.25) is 0 Å². The van der Waals surface area contributed by atoms with Crippen LogP contribution in [0, 0.1) is 5.92 Å². The van der Waals surface area contributed by atoms with Crippen molar-refractivity contribution in [3.63, 3.8) is 0 Å². The smallest absolute Gasteiger partial charge is 0.115 e. The van der Waals surface area contributed by atoms with E-state index < -0.39 is 0 Å². The van der Waals surface area contributed by atoms with E-state index in [1.165, 1.54) is 30.6 Å². The van der Waals surface area contributed by atoms with Crippen molar-refractivity contribution < 1.29 is 4.42 Å². The molecule has 0 saturated heterocycles. The Morgan fingerprint density at radius 3 is 2.87 bits per heavy atom. The molecule has 0 radical (unpaired) electrons. The molecular formula is C13H19NO. The molecule has 2 heteroatoms. The van der Waals surface area contributed by atoms with Crippen LogP contribution in [0.5, 0.6) is 0 Å². The molecule has 0 bridgehead atoms. The summed E-state index contributed by atoms with van der Waals surface area (Å²) in [5.74, 6) is 1.92. The maximum Gasteiger partial charge on any atom is 0.115 e. The van der Waals surface area contributed by atoms with E-state index in [9.17, 15) is 0 Å². The van der Waals surface area contributed by atoms with Crippen molar-refractivity contribution in [3.05, 3.63) is 23.7 Å². The van der Waals surface area contributed by atoms with Gasteiger partial charge in [-0.25, -0.2) is 0 Å². The van der Waals surface area contributed by atoms with Gasteiger partial charge in [-0.15, -0.1) is 0 Å². The Bertz CT molecular complexity index is 362. The van der Waals surface area contributed by atoms with Crippen LogP contribution >= 0.6 is 0 Å². The monoisotopic (exact) mass is 205 g/mol. The highest BCUT2D eigenvalue weighted by atomic mass is 16.3. The van der Waals surface area contributed by atoms with Crippen LogP contribution in [0.25, 0.3) is 0 Å². The average molecular weight is 205 g/mol. The van der Waals surface area contributed by atoms with Gasteiger partial charge in [-0.2, -0.15) is 0 Å². The van der Waals surface area contributed by atoms with Crippen molar-refractivity contribution in [3.8, 4) is 0 Å². The summed E-state index contributed by atoms with van der Waals surface area (Å²) in [7, 11) is 0. The van der Waals surface area contributed by atoms with E-state index >= 15 is 0 Å². The summed E-state index contributed by atoms with van der Waals surface area (Å²) < 4.78 is 5.75. The molecule has 0 amide bonds. The van der Waals surface area contributed by atoms with Crippen LogP contribution in [0.2, 0.25) is 0 Å². The molecule has 1 spiro atoms. The number of nitrogens with one attached hydrogen (secondary N) is 1. The minimum Gasteiger partial charge on any atom is -0.468 e. The van der Waals surface area contributed by atoms with E-state index in [0.29, 0.717) is 17.4 Å². The van der Waals surface area contributed by atoms with Crippen molar-refractivity contribution in [2.75, 3.05) is 6.54 Å². The lowest BCUT2D eigenvalue weighted by molar-refractivity contribution is 0.158. The fraction of sp³-hybridized carbons (Fsp3) is 0.692. The summed E-state index contributed by atoms with van der Waals surface area (Å²) in [6, 6.07) is 2.65. The third-order valence-corrected chi connectivity index (χ3v) is 4.15. The van der Waals surface area contributed by atoms with Crippen LogP contribution in [-0.4, -0.2) is 6.54 Å². The fourth-order valence-corrected chi connectivity index (χ4v) is 3.09. The summed E-state index contributed by atoms with van der Waals surface area (Å²) >= 11 is 0. The van der Waals surface area contributed by atoms with Crippen LogP contribution in [0.15, 0.2) is 16.7 Å². The second-order valence-electron chi connectivity index (χ2n) is 5.44. The summed E-state index contributed by atoms with van der Waals surface area (Å²) in [5, 5.41) is 3.69. The number of furan rings is 1. The van der Waals surface area contributed by atoms with E-state index in [1.54, 1.807) is 0 Å². The van der Waals surface area contributed by atoms with Crippen molar-refractivity contribution >= 4 is 0 Å². The largest absolute Gasteiger partial charge is 0.468 e. The third kappa shape index (κ3) is 1.21. The number of rotatable bonds is 1. The zero-order chi connectivity index (χ0) is 10.5. The Morgan fingerprint density at radius 2 is 2.27 bits per heavy atom. The second-order valence-corrected chi connectivity index (χ2v) is 5.44. The van der Waals surface area contributed by atoms with Gasteiger partial charge in [0.05, 0.1) is 6.26 Å². The molecule has 1 aromatic heterocycles. The average Bonchev–Trinajstić information content (AvgIpc) is 2.61. The molecule has 1 N–H and O–H groups in total. The molecule has 0 aromatic carbocycles. The molecule has 1 aromatic rings. The fourth-order valence-electron chi connectivity index (χ4n) is 3.09. The molecule has 1 atom stereocenters. The molecular weight excluding hydrogens is 186 g/mol. The van der Waals surface area contributed by atoms with Crippen LogP contribution in [0.1, 0.15) is 50.5 Å². The first kappa shape index (κ1) is 9.46. The first-order chi connectivity index (χ1) is 7.23. The van der Waals surface area contributed by atoms with E-state index in [0.717, 1.165) is 6.54 Å². The third-order valence-electron chi connectivity index (χ3n) is 4.15. The molecule has 1 aliphatic heterocycles. The zero-order valence-electron chi connectivity index (χ0n) is 9.55. The zero-order valence-corrected chi connectivity index (χ0v) is 9.55. The molecule has 82 valence electrons. The second kappa shape index (κ2) is 3.11. The minimum atomic E-state index is 0.351. The van der Waals surface area contributed by atoms with Gasteiger partial charge in [-0.1, -0.05) is 20.3 Å². The van der Waals surface area contributed by atoms with Crippen molar-refractivity contribution in [2.45, 2.75) is 44.6 Å². The first-order valence-corrected chi connectivity index (χ1v) is 6.04. The topological polar surface area (TPSA) is 25.2 Å². The van der Waals surface area contributed by atoms with Gasteiger partial charge in [-0.05, 0) is 24.8 Å². The summed E-state index contributed by atoms with van der Waals surface area (Å²) in [6.45, 7) is 5.65. The van der Waals surface area contributed by atoms with E-state index in [1.807, 2.05) is 6.26 Å². The molecule has 1 fully saturated rings. The Labute approximate surface area is 91.0 Å².